The molecule has 186 valence electrons. The predicted molar refractivity (Wildman–Crippen MR) is 153 cm³/mol. The van der Waals surface area contributed by atoms with Crippen molar-refractivity contribution in [3.63, 3.8) is 0 Å². The number of rotatable bonds is 12. The molecule has 1 heteroatoms. The number of benzene rings is 1. The lowest BCUT2D eigenvalue weighted by atomic mass is 9.87. The molecule has 0 amide bonds. The zero-order valence-corrected chi connectivity index (χ0v) is 23.6. The van der Waals surface area contributed by atoms with Gasteiger partial charge in [0.2, 0.25) is 0 Å². The average molecular weight is 452 g/mol. The van der Waals surface area contributed by atoms with E-state index in [1.807, 2.05) is 0 Å². The van der Waals surface area contributed by atoms with Crippen LogP contribution >= 0.6 is 0 Å². The molecule has 0 aromatic heterocycles. The third kappa shape index (κ3) is 12.7. The summed E-state index contributed by atoms with van der Waals surface area (Å²) in [5, 5.41) is 3.59. The van der Waals surface area contributed by atoms with E-state index in [-0.39, 0.29) is 0 Å². The van der Waals surface area contributed by atoms with Crippen molar-refractivity contribution in [1.82, 2.24) is 0 Å². The van der Waals surface area contributed by atoms with Crippen molar-refractivity contribution in [1.29, 1.82) is 0 Å². The maximum absolute atomic E-state index is 4.30. The molecule has 0 radical (unpaired) electrons. The molecule has 0 saturated heterocycles. The standard InChI is InChI=1S/C28H43N.C4H10/c1-10-12-13-14-15-26-19-28(22(7)18-27(26)23(8)21(5)6)29-24(9)25(11-2)17-16-20(3)4;1-4(2)3/h11,16-20,23,29H,5,9-10,12-15H2,1-4,6-8H3;4H,1-3H3/b17-16-,25-11+;. The average Bonchev–Trinajstić information content (AvgIpc) is 2.72. The number of aryl methyl sites for hydroxylation is 2. The normalized spacial score (nSPS) is 12.7. The van der Waals surface area contributed by atoms with Crippen molar-refractivity contribution in [3.05, 3.63) is 77.1 Å². The van der Waals surface area contributed by atoms with Gasteiger partial charge >= 0.3 is 0 Å². The Morgan fingerprint density at radius 1 is 1.00 bits per heavy atom. The van der Waals surface area contributed by atoms with Gasteiger partial charge in [-0.25, -0.2) is 0 Å². The van der Waals surface area contributed by atoms with Crippen LogP contribution in [0.25, 0.3) is 0 Å². The number of nitrogens with one attached hydrogen (secondary N) is 1. The van der Waals surface area contributed by atoms with Gasteiger partial charge in [0.1, 0.15) is 0 Å². The summed E-state index contributed by atoms with van der Waals surface area (Å²) in [4.78, 5) is 0. The molecule has 1 N–H and O–H groups in total. The van der Waals surface area contributed by atoms with Crippen LogP contribution in [0, 0.1) is 18.8 Å². The Bertz CT molecular complexity index is 786. The zero-order valence-electron chi connectivity index (χ0n) is 23.6. The molecule has 1 unspecified atom stereocenters. The topological polar surface area (TPSA) is 12.0 Å². The number of hydrogen-bond acceptors (Lipinski definition) is 1. The molecule has 0 fully saturated rings. The highest BCUT2D eigenvalue weighted by Gasteiger charge is 2.15. The number of hydrogen-bond donors (Lipinski definition) is 1. The van der Waals surface area contributed by atoms with Crippen LogP contribution in [0.1, 0.15) is 111 Å². The molecule has 0 aliphatic carbocycles. The van der Waals surface area contributed by atoms with Crippen molar-refractivity contribution >= 4 is 5.69 Å². The van der Waals surface area contributed by atoms with Crippen LogP contribution in [0.3, 0.4) is 0 Å². The molecule has 1 atom stereocenters. The number of unbranched alkanes of at least 4 members (excludes halogenated alkanes) is 3. The first kappa shape index (κ1) is 31.0. The van der Waals surface area contributed by atoms with Crippen LogP contribution < -0.4 is 5.32 Å². The Balaban J connectivity index is 0.00000235. The monoisotopic (exact) mass is 451 g/mol. The summed E-state index contributed by atoms with van der Waals surface area (Å²) in [5.41, 5.74) is 8.60. The van der Waals surface area contributed by atoms with E-state index in [1.54, 1.807) is 0 Å². The molecular weight excluding hydrogens is 398 g/mol. The molecule has 1 rings (SSSR count). The summed E-state index contributed by atoms with van der Waals surface area (Å²) in [6, 6.07) is 4.70. The maximum atomic E-state index is 4.30. The van der Waals surface area contributed by atoms with Crippen LogP contribution in [-0.2, 0) is 6.42 Å². The van der Waals surface area contributed by atoms with Crippen LogP contribution in [-0.4, -0.2) is 0 Å². The summed E-state index contributed by atoms with van der Waals surface area (Å²) in [6.45, 7) is 30.3. The molecule has 0 spiro atoms. The molecular formula is C32H53N. The van der Waals surface area contributed by atoms with Gasteiger partial charge in [0.05, 0.1) is 0 Å². The third-order valence-electron chi connectivity index (χ3n) is 5.60. The Labute approximate surface area is 207 Å². The molecule has 0 saturated carbocycles. The van der Waals surface area contributed by atoms with Crippen LogP contribution in [0.5, 0.6) is 0 Å². The van der Waals surface area contributed by atoms with Gasteiger partial charge < -0.3 is 5.32 Å². The highest BCUT2D eigenvalue weighted by molar-refractivity contribution is 5.62. The summed E-state index contributed by atoms with van der Waals surface area (Å²) in [7, 11) is 0. The van der Waals surface area contributed by atoms with Crippen LogP contribution in [0.4, 0.5) is 5.69 Å². The number of allylic oxidation sites excluding steroid dienone is 4. The largest absolute Gasteiger partial charge is 0.355 e. The molecule has 1 nitrogen and oxygen atoms in total. The maximum Gasteiger partial charge on any atom is 0.0416 e. The smallest absolute Gasteiger partial charge is 0.0416 e. The van der Waals surface area contributed by atoms with Crippen LogP contribution in [0.2, 0.25) is 0 Å². The van der Waals surface area contributed by atoms with Gasteiger partial charge in [-0.3, -0.25) is 0 Å². The molecule has 0 heterocycles. The quantitative estimate of drug-likeness (QED) is 0.189. The van der Waals surface area contributed by atoms with E-state index in [0.717, 1.165) is 29.3 Å². The second-order valence-corrected chi connectivity index (χ2v) is 10.4. The first-order valence-electron chi connectivity index (χ1n) is 13.0. The summed E-state index contributed by atoms with van der Waals surface area (Å²) < 4.78 is 0. The fraction of sp³-hybridized carbons (Fsp3) is 0.562. The van der Waals surface area contributed by atoms with Crippen molar-refractivity contribution in [2.45, 2.75) is 107 Å². The minimum Gasteiger partial charge on any atom is -0.355 e. The molecule has 33 heavy (non-hydrogen) atoms. The number of anilines is 1. The minimum absolute atomic E-state index is 0.382. The van der Waals surface area contributed by atoms with Gasteiger partial charge in [-0.05, 0) is 73.8 Å². The van der Waals surface area contributed by atoms with Gasteiger partial charge in [0.15, 0.2) is 0 Å². The van der Waals surface area contributed by atoms with Crippen molar-refractivity contribution in [2.75, 3.05) is 5.32 Å². The first-order chi connectivity index (χ1) is 15.4. The summed E-state index contributed by atoms with van der Waals surface area (Å²) >= 11 is 0. The Morgan fingerprint density at radius 3 is 2.09 bits per heavy atom. The summed E-state index contributed by atoms with van der Waals surface area (Å²) in [6.07, 6.45) is 12.7. The van der Waals surface area contributed by atoms with E-state index in [0.29, 0.717) is 11.8 Å². The lowest BCUT2D eigenvalue weighted by molar-refractivity contribution is 0.662. The van der Waals surface area contributed by atoms with E-state index in [9.17, 15) is 0 Å². The van der Waals surface area contributed by atoms with E-state index in [1.165, 1.54) is 47.9 Å². The fourth-order valence-corrected chi connectivity index (χ4v) is 3.44. The Kier molecular flexibility index (Phi) is 15.6. The SMILES string of the molecule is C=C(Nc1cc(CCCCCC)c(C(C)C(=C)C)cc1C)C(/C=C\C(C)C)=C/C.CC(C)C. The van der Waals surface area contributed by atoms with Gasteiger partial charge in [0.25, 0.3) is 0 Å². The summed E-state index contributed by atoms with van der Waals surface area (Å²) in [5.74, 6) is 1.74. The second kappa shape index (κ2) is 16.6. The van der Waals surface area contributed by atoms with Crippen molar-refractivity contribution < 1.29 is 0 Å². The van der Waals surface area contributed by atoms with E-state index >= 15 is 0 Å². The molecule has 1 aromatic carbocycles. The fourth-order valence-electron chi connectivity index (χ4n) is 3.44. The van der Waals surface area contributed by atoms with Gasteiger partial charge in [0, 0.05) is 17.3 Å². The van der Waals surface area contributed by atoms with E-state index in [4.69, 9.17) is 0 Å². The first-order valence-corrected chi connectivity index (χ1v) is 13.0. The Hall–Kier alpha value is -2.02. The second-order valence-electron chi connectivity index (χ2n) is 10.4. The van der Waals surface area contributed by atoms with E-state index < -0.39 is 0 Å². The van der Waals surface area contributed by atoms with Crippen LogP contribution in [0.15, 0.2) is 60.4 Å². The van der Waals surface area contributed by atoms with Gasteiger partial charge in [-0.1, -0.05) is 111 Å². The Morgan fingerprint density at radius 2 is 1.61 bits per heavy atom. The van der Waals surface area contributed by atoms with E-state index in [2.05, 4.69) is 118 Å². The van der Waals surface area contributed by atoms with Crippen molar-refractivity contribution in [3.8, 4) is 0 Å². The molecule has 0 aliphatic rings. The minimum atomic E-state index is 0.382. The lowest BCUT2D eigenvalue weighted by Crippen LogP contribution is -2.07. The highest BCUT2D eigenvalue weighted by Crippen LogP contribution is 2.32. The lowest BCUT2D eigenvalue weighted by Gasteiger charge is -2.21. The predicted octanol–water partition coefficient (Wildman–Crippen LogP) is 10.5. The van der Waals surface area contributed by atoms with Crippen molar-refractivity contribution in [2.24, 2.45) is 11.8 Å². The molecule has 0 aliphatic heterocycles. The van der Waals surface area contributed by atoms with Gasteiger partial charge in [-0.2, -0.15) is 0 Å². The molecule has 1 aromatic rings. The zero-order chi connectivity index (χ0) is 25.6. The molecule has 0 bridgehead atoms. The highest BCUT2D eigenvalue weighted by atomic mass is 14.9. The van der Waals surface area contributed by atoms with Gasteiger partial charge in [-0.15, -0.1) is 0 Å². The third-order valence-corrected chi connectivity index (χ3v) is 5.60.